The van der Waals surface area contributed by atoms with E-state index in [0.717, 1.165) is 38.9 Å². The molecule has 0 radical (unpaired) electrons. The summed E-state index contributed by atoms with van der Waals surface area (Å²) in [6.07, 6.45) is 2.77. The van der Waals surface area contributed by atoms with Crippen LogP contribution in [0.5, 0.6) is 0 Å². The molecule has 1 fully saturated rings. The third kappa shape index (κ3) is 4.38. The van der Waals surface area contributed by atoms with Gasteiger partial charge in [0, 0.05) is 31.2 Å². The molecule has 0 aromatic heterocycles. The van der Waals surface area contributed by atoms with Crippen LogP contribution < -0.4 is 10.2 Å². The Balaban J connectivity index is 1.41. The molecule has 24 heavy (non-hydrogen) atoms. The molecular weight excluding hydrogens is 296 g/mol. The standard InChI is InChI=1S/C21H26N2O/c1-17-7-9-18(10-8-17)11-14-22-21(24)19-12-15-23(16-13-19)20-5-3-2-4-6-20/h2-10,19H,11-16H2,1H3,(H,22,24). The van der Waals surface area contributed by atoms with Crippen LogP contribution in [-0.4, -0.2) is 25.5 Å². The van der Waals surface area contributed by atoms with Gasteiger partial charge in [-0.25, -0.2) is 0 Å². The fraction of sp³-hybridized carbons (Fsp3) is 0.381. The normalized spacial score (nSPS) is 15.3. The molecule has 1 aliphatic rings. The average molecular weight is 322 g/mol. The number of amides is 1. The van der Waals surface area contributed by atoms with Crippen molar-refractivity contribution < 1.29 is 4.79 Å². The van der Waals surface area contributed by atoms with Gasteiger partial charge < -0.3 is 10.2 Å². The van der Waals surface area contributed by atoms with Crippen molar-refractivity contribution in [2.45, 2.75) is 26.2 Å². The van der Waals surface area contributed by atoms with Gasteiger partial charge in [0.25, 0.3) is 0 Å². The fourth-order valence-electron chi connectivity index (χ4n) is 3.27. The van der Waals surface area contributed by atoms with E-state index in [1.54, 1.807) is 0 Å². The molecule has 0 saturated carbocycles. The molecule has 0 aliphatic carbocycles. The highest BCUT2D eigenvalue weighted by Gasteiger charge is 2.24. The first-order valence-corrected chi connectivity index (χ1v) is 8.85. The lowest BCUT2D eigenvalue weighted by Gasteiger charge is -2.33. The number of hydrogen-bond acceptors (Lipinski definition) is 2. The van der Waals surface area contributed by atoms with Gasteiger partial charge in [0.2, 0.25) is 5.91 Å². The first kappa shape index (κ1) is 16.6. The van der Waals surface area contributed by atoms with Crippen molar-refractivity contribution in [2.75, 3.05) is 24.5 Å². The van der Waals surface area contributed by atoms with Crippen LogP contribution in [0.2, 0.25) is 0 Å². The molecule has 0 spiro atoms. The number of nitrogens with one attached hydrogen (secondary N) is 1. The second-order valence-electron chi connectivity index (χ2n) is 6.62. The van der Waals surface area contributed by atoms with Crippen molar-refractivity contribution >= 4 is 11.6 Å². The molecule has 1 heterocycles. The van der Waals surface area contributed by atoms with E-state index in [9.17, 15) is 4.79 Å². The van der Waals surface area contributed by atoms with Crippen LogP contribution in [0.15, 0.2) is 54.6 Å². The number of para-hydroxylation sites is 1. The fourth-order valence-corrected chi connectivity index (χ4v) is 3.27. The maximum atomic E-state index is 12.4. The van der Waals surface area contributed by atoms with Crippen molar-refractivity contribution in [1.82, 2.24) is 5.32 Å². The van der Waals surface area contributed by atoms with Gasteiger partial charge in [0.1, 0.15) is 0 Å². The number of anilines is 1. The van der Waals surface area contributed by atoms with Gasteiger partial charge in [-0.15, -0.1) is 0 Å². The van der Waals surface area contributed by atoms with Crippen LogP contribution in [-0.2, 0) is 11.2 Å². The van der Waals surface area contributed by atoms with E-state index in [0.29, 0.717) is 0 Å². The molecule has 1 amide bonds. The molecule has 126 valence electrons. The van der Waals surface area contributed by atoms with E-state index >= 15 is 0 Å². The van der Waals surface area contributed by atoms with Gasteiger partial charge in [-0.1, -0.05) is 48.0 Å². The minimum absolute atomic E-state index is 0.156. The van der Waals surface area contributed by atoms with Crippen LogP contribution in [0, 0.1) is 12.8 Å². The van der Waals surface area contributed by atoms with Gasteiger partial charge in [-0.2, -0.15) is 0 Å². The molecule has 3 nitrogen and oxygen atoms in total. The summed E-state index contributed by atoms with van der Waals surface area (Å²) in [5, 5.41) is 3.11. The smallest absolute Gasteiger partial charge is 0.223 e. The minimum atomic E-state index is 0.156. The van der Waals surface area contributed by atoms with Crippen LogP contribution >= 0.6 is 0 Å². The molecule has 3 rings (SSSR count). The Kier molecular flexibility index (Phi) is 5.52. The first-order chi connectivity index (χ1) is 11.7. The predicted molar refractivity (Wildman–Crippen MR) is 99.3 cm³/mol. The highest BCUT2D eigenvalue weighted by Crippen LogP contribution is 2.23. The summed E-state index contributed by atoms with van der Waals surface area (Å²) < 4.78 is 0. The van der Waals surface area contributed by atoms with Crippen LogP contribution in [0.25, 0.3) is 0 Å². The predicted octanol–water partition coefficient (Wildman–Crippen LogP) is 3.57. The number of carbonyl (C=O) groups excluding carboxylic acids is 1. The summed E-state index contributed by atoms with van der Waals surface area (Å²) >= 11 is 0. The second kappa shape index (κ2) is 8.00. The number of piperidine rings is 1. The van der Waals surface area contributed by atoms with E-state index in [2.05, 4.69) is 65.7 Å². The summed E-state index contributed by atoms with van der Waals surface area (Å²) in [4.78, 5) is 14.7. The van der Waals surface area contributed by atoms with Gasteiger partial charge in [-0.3, -0.25) is 4.79 Å². The first-order valence-electron chi connectivity index (χ1n) is 8.85. The highest BCUT2D eigenvalue weighted by atomic mass is 16.1. The Bertz CT molecular complexity index is 643. The Hall–Kier alpha value is -2.29. The maximum Gasteiger partial charge on any atom is 0.223 e. The zero-order valence-corrected chi connectivity index (χ0v) is 14.4. The van der Waals surface area contributed by atoms with E-state index in [4.69, 9.17) is 0 Å². The number of carbonyl (C=O) groups is 1. The number of benzene rings is 2. The lowest BCUT2D eigenvalue weighted by Crippen LogP contribution is -2.41. The number of aryl methyl sites for hydroxylation is 1. The molecule has 0 atom stereocenters. The lowest BCUT2D eigenvalue weighted by molar-refractivity contribution is -0.125. The lowest BCUT2D eigenvalue weighted by atomic mass is 9.95. The Morgan fingerprint density at radius 1 is 1.04 bits per heavy atom. The monoisotopic (exact) mass is 322 g/mol. The summed E-state index contributed by atoms with van der Waals surface area (Å²) in [7, 11) is 0. The molecule has 1 saturated heterocycles. The number of nitrogens with zero attached hydrogens (tertiary/aromatic N) is 1. The van der Waals surface area contributed by atoms with Crippen LogP contribution in [0.1, 0.15) is 24.0 Å². The third-order valence-electron chi connectivity index (χ3n) is 4.82. The Morgan fingerprint density at radius 2 is 1.71 bits per heavy atom. The van der Waals surface area contributed by atoms with Gasteiger partial charge in [-0.05, 0) is 43.9 Å². The van der Waals surface area contributed by atoms with Gasteiger partial charge in [0.15, 0.2) is 0 Å². The molecule has 0 bridgehead atoms. The Morgan fingerprint density at radius 3 is 2.38 bits per heavy atom. The molecule has 1 N–H and O–H groups in total. The topological polar surface area (TPSA) is 32.3 Å². The quantitative estimate of drug-likeness (QED) is 0.913. The summed E-state index contributed by atoms with van der Waals surface area (Å²) in [5.74, 6) is 0.373. The molecule has 0 unspecified atom stereocenters. The largest absolute Gasteiger partial charge is 0.371 e. The number of hydrogen-bond donors (Lipinski definition) is 1. The zero-order valence-electron chi connectivity index (χ0n) is 14.4. The van der Waals surface area contributed by atoms with Crippen molar-refractivity contribution in [2.24, 2.45) is 5.92 Å². The molecule has 2 aromatic carbocycles. The maximum absolute atomic E-state index is 12.4. The highest BCUT2D eigenvalue weighted by molar-refractivity contribution is 5.79. The molecular formula is C21H26N2O. The van der Waals surface area contributed by atoms with Crippen molar-refractivity contribution in [3.8, 4) is 0 Å². The van der Waals surface area contributed by atoms with Gasteiger partial charge >= 0.3 is 0 Å². The van der Waals surface area contributed by atoms with E-state index < -0.39 is 0 Å². The molecule has 3 heteroatoms. The SMILES string of the molecule is Cc1ccc(CCNC(=O)C2CCN(c3ccccc3)CC2)cc1. The summed E-state index contributed by atoms with van der Waals surface area (Å²) in [6.45, 7) is 4.73. The third-order valence-corrected chi connectivity index (χ3v) is 4.82. The second-order valence-corrected chi connectivity index (χ2v) is 6.62. The molecule has 1 aliphatic heterocycles. The van der Waals surface area contributed by atoms with E-state index in [1.807, 2.05) is 6.07 Å². The van der Waals surface area contributed by atoms with Crippen molar-refractivity contribution in [3.05, 3.63) is 65.7 Å². The number of rotatable bonds is 5. The van der Waals surface area contributed by atoms with Crippen LogP contribution in [0.4, 0.5) is 5.69 Å². The Labute approximate surface area is 144 Å². The van der Waals surface area contributed by atoms with Crippen molar-refractivity contribution in [1.29, 1.82) is 0 Å². The van der Waals surface area contributed by atoms with E-state index in [1.165, 1.54) is 16.8 Å². The summed E-state index contributed by atoms with van der Waals surface area (Å²) in [6, 6.07) is 19.0. The van der Waals surface area contributed by atoms with Gasteiger partial charge in [0.05, 0.1) is 0 Å². The minimum Gasteiger partial charge on any atom is -0.371 e. The van der Waals surface area contributed by atoms with Crippen molar-refractivity contribution in [3.63, 3.8) is 0 Å². The average Bonchev–Trinajstić information content (AvgIpc) is 2.64. The van der Waals surface area contributed by atoms with E-state index in [-0.39, 0.29) is 11.8 Å². The zero-order chi connectivity index (χ0) is 16.8. The summed E-state index contributed by atoms with van der Waals surface area (Å²) in [5.41, 5.74) is 3.81. The molecule has 2 aromatic rings. The van der Waals surface area contributed by atoms with Crippen LogP contribution in [0.3, 0.4) is 0 Å².